The fourth-order valence-electron chi connectivity index (χ4n) is 2.53. The molecule has 0 aliphatic heterocycles. The lowest BCUT2D eigenvalue weighted by Gasteiger charge is -2.11. The molecule has 0 aliphatic rings. The molecule has 2 aromatic rings. The third-order valence-electron chi connectivity index (χ3n) is 4.09. The molecule has 1 aromatic carbocycles. The molecule has 0 bridgehead atoms. The number of nitrogens with zero attached hydrogens (tertiary/aromatic N) is 2. The fourth-order valence-corrected chi connectivity index (χ4v) is 2.53. The first-order valence-corrected chi connectivity index (χ1v) is 6.92. The van der Waals surface area contributed by atoms with Gasteiger partial charge in [0.25, 0.3) is 5.69 Å². The van der Waals surface area contributed by atoms with Crippen LogP contribution in [0.15, 0.2) is 18.2 Å². The summed E-state index contributed by atoms with van der Waals surface area (Å²) in [4.78, 5) is 10.7. The van der Waals surface area contributed by atoms with Gasteiger partial charge in [-0.25, -0.2) is 0 Å². The number of hydrogen-bond acceptors (Lipinski definition) is 3. The Bertz CT molecular complexity index is 702. The van der Waals surface area contributed by atoms with Gasteiger partial charge in [-0.1, -0.05) is 0 Å². The van der Waals surface area contributed by atoms with E-state index in [9.17, 15) is 10.1 Å². The van der Waals surface area contributed by atoms with E-state index in [0.29, 0.717) is 12.1 Å². The van der Waals surface area contributed by atoms with E-state index in [1.807, 2.05) is 20.0 Å². The number of aryl methyl sites for hydroxylation is 3. The number of nitro groups is 1. The van der Waals surface area contributed by atoms with E-state index in [4.69, 9.17) is 0 Å². The van der Waals surface area contributed by atoms with Crippen LogP contribution in [-0.2, 0) is 13.6 Å². The zero-order chi connectivity index (χ0) is 15.7. The van der Waals surface area contributed by atoms with Crippen molar-refractivity contribution in [1.82, 2.24) is 4.57 Å². The van der Waals surface area contributed by atoms with Crippen LogP contribution in [-0.4, -0.2) is 9.49 Å². The molecule has 1 aromatic heterocycles. The highest BCUT2D eigenvalue weighted by Crippen LogP contribution is 2.27. The van der Waals surface area contributed by atoms with Gasteiger partial charge in [-0.05, 0) is 51.0 Å². The molecular formula is C16H21N3O2. The molecule has 112 valence electrons. The highest BCUT2D eigenvalue weighted by molar-refractivity contribution is 5.60. The molecule has 2 rings (SSSR count). The maximum Gasteiger partial charge on any atom is 0.274 e. The topological polar surface area (TPSA) is 60.1 Å². The average Bonchev–Trinajstić information content (AvgIpc) is 2.65. The summed E-state index contributed by atoms with van der Waals surface area (Å²) >= 11 is 0. The van der Waals surface area contributed by atoms with E-state index < -0.39 is 0 Å². The molecule has 0 saturated carbocycles. The first-order chi connectivity index (χ1) is 9.81. The fraction of sp³-hybridized carbons (Fsp3) is 0.375. The van der Waals surface area contributed by atoms with Crippen molar-refractivity contribution in [1.29, 1.82) is 0 Å². The quantitative estimate of drug-likeness (QED) is 0.687. The van der Waals surface area contributed by atoms with Gasteiger partial charge in [-0.2, -0.15) is 0 Å². The zero-order valence-electron chi connectivity index (χ0n) is 13.2. The van der Waals surface area contributed by atoms with Crippen molar-refractivity contribution in [3.8, 4) is 0 Å². The van der Waals surface area contributed by atoms with E-state index in [-0.39, 0.29) is 10.6 Å². The molecule has 0 saturated heterocycles. The molecule has 0 fully saturated rings. The lowest BCUT2D eigenvalue weighted by Crippen LogP contribution is -2.04. The Hall–Kier alpha value is -2.30. The summed E-state index contributed by atoms with van der Waals surface area (Å²) in [5, 5.41) is 14.4. The Morgan fingerprint density at radius 2 is 1.81 bits per heavy atom. The van der Waals surface area contributed by atoms with E-state index >= 15 is 0 Å². The van der Waals surface area contributed by atoms with Crippen LogP contribution in [0.5, 0.6) is 0 Å². The predicted molar refractivity (Wildman–Crippen MR) is 84.8 cm³/mol. The molecule has 5 nitrogen and oxygen atoms in total. The van der Waals surface area contributed by atoms with Crippen LogP contribution >= 0.6 is 0 Å². The summed E-state index contributed by atoms with van der Waals surface area (Å²) in [6, 6.07) is 5.61. The van der Waals surface area contributed by atoms with E-state index in [1.54, 1.807) is 13.0 Å². The van der Waals surface area contributed by atoms with Crippen molar-refractivity contribution < 1.29 is 4.92 Å². The van der Waals surface area contributed by atoms with Gasteiger partial charge in [0.2, 0.25) is 0 Å². The van der Waals surface area contributed by atoms with E-state index in [0.717, 1.165) is 11.3 Å². The maximum atomic E-state index is 11.0. The summed E-state index contributed by atoms with van der Waals surface area (Å²) in [5.41, 5.74) is 6.29. The minimum atomic E-state index is -0.335. The summed E-state index contributed by atoms with van der Waals surface area (Å²) in [6.45, 7) is 8.53. The number of hydrogen-bond donors (Lipinski definition) is 1. The van der Waals surface area contributed by atoms with Gasteiger partial charge in [0.15, 0.2) is 0 Å². The second-order valence-electron chi connectivity index (χ2n) is 5.52. The third-order valence-corrected chi connectivity index (χ3v) is 4.09. The molecule has 0 aliphatic carbocycles. The third kappa shape index (κ3) is 2.91. The first-order valence-electron chi connectivity index (χ1n) is 6.92. The highest BCUT2D eigenvalue weighted by atomic mass is 16.6. The Labute approximate surface area is 124 Å². The van der Waals surface area contributed by atoms with Crippen LogP contribution in [0.4, 0.5) is 11.4 Å². The summed E-state index contributed by atoms with van der Waals surface area (Å²) in [5.74, 6) is 0. The van der Waals surface area contributed by atoms with E-state index in [1.165, 1.54) is 17.0 Å². The molecule has 0 amide bonds. The predicted octanol–water partition coefficient (Wildman–Crippen LogP) is 3.78. The van der Waals surface area contributed by atoms with Crippen LogP contribution in [0, 0.1) is 37.8 Å². The van der Waals surface area contributed by atoms with Gasteiger partial charge in [0.1, 0.15) is 0 Å². The maximum absolute atomic E-state index is 11.0. The minimum absolute atomic E-state index is 0.157. The average molecular weight is 287 g/mol. The van der Waals surface area contributed by atoms with Gasteiger partial charge in [0.05, 0.1) is 4.92 Å². The van der Waals surface area contributed by atoms with Crippen molar-refractivity contribution in [2.75, 3.05) is 5.32 Å². The molecule has 0 spiro atoms. The monoisotopic (exact) mass is 287 g/mol. The van der Waals surface area contributed by atoms with Crippen LogP contribution in [0.2, 0.25) is 0 Å². The number of anilines is 1. The van der Waals surface area contributed by atoms with Crippen LogP contribution in [0.25, 0.3) is 0 Å². The van der Waals surface area contributed by atoms with Gasteiger partial charge in [-0.3, -0.25) is 10.1 Å². The molecule has 21 heavy (non-hydrogen) atoms. The molecule has 1 heterocycles. The first kappa shape index (κ1) is 15.1. The molecule has 5 heteroatoms. The lowest BCUT2D eigenvalue weighted by atomic mass is 10.1. The minimum Gasteiger partial charge on any atom is -0.380 e. The lowest BCUT2D eigenvalue weighted by molar-refractivity contribution is -0.385. The standard InChI is InChI=1S/C16H21N3O2/c1-10-6-11(2)16(19(20)21)8-15(10)17-9-14-7-12(3)18(5)13(14)4/h6-8,17H,9H2,1-5H3. The van der Waals surface area contributed by atoms with Crippen molar-refractivity contribution in [3.63, 3.8) is 0 Å². The summed E-state index contributed by atoms with van der Waals surface area (Å²) in [6.07, 6.45) is 0. The van der Waals surface area contributed by atoms with Gasteiger partial charge in [0, 0.05) is 42.3 Å². The van der Waals surface area contributed by atoms with Crippen molar-refractivity contribution >= 4 is 11.4 Å². The zero-order valence-corrected chi connectivity index (χ0v) is 13.2. The summed E-state index contributed by atoms with van der Waals surface area (Å²) in [7, 11) is 2.04. The number of aromatic nitrogens is 1. The highest BCUT2D eigenvalue weighted by Gasteiger charge is 2.14. The van der Waals surface area contributed by atoms with Crippen molar-refractivity contribution in [2.45, 2.75) is 34.2 Å². The molecule has 1 N–H and O–H groups in total. The van der Waals surface area contributed by atoms with Gasteiger partial charge in [-0.15, -0.1) is 0 Å². The Balaban J connectivity index is 2.25. The van der Waals surface area contributed by atoms with Crippen molar-refractivity contribution in [2.24, 2.45) is 7.05 Å². The van der Waals surface area contributed by atoms with E-state index in [2.05, 4.69) is 29.8 Å². The van der Waals surface area contributed by atoms with Crippen molar-refractivity contribution in [3.05, 3.63) is 56.4 Å². The molecule has 0 unspecified atom stereocenters. The van der Waals surface area contributed by atoms with Gasteiger partial charge >= 0.3 is 0 Å². The number of benzene rings is 1. The second-order valence-corrected chi connectivity index (χ2v) is 5.52. The largest absolute Gasteiger partial charge is 0.380 e. The number of nitro benzene ring substituents is 1. The number of rotatable bonds is 4. The number of nitrogens with one attached hydrogen (secondary N) is 1. The molecular weight excluding hydrogens is 266 g/mol. The molecule has 0 radical (unpaired) electrons. The Morgan fingerprint density at radius 3 is 2.33 bits per heavy atom. The van der Waals surface area contributed by atoms with Crippen LogP contribution in [0.3, 0.4) is 0 Å². The SMILES string of the molecule is Cc1cc(C)c([N+](=O)[O-])cc1NCc1cc(C)n(C)c1C. The Kier molecular flexibility index (Phi) is 4.02. The molecule has 0 atom stereocenters. The van der Waals surface area contributed by atoms with Crippen LogP contribution in [0.1, 0.15) is 28.1 Å². The Morgan fingerprint density at radius 1 is 1.14 bits per heavy atom. The smallest absolute Gasteiger partial charge is 0.274 e. The summed E-state index contributed by atoms with van der Waals surface area (Å²) < 4.78 is 2.14. The second kappa shape index (κ2) is 5.60. The van der Waals surface area contributed by atoms with Crippen LogP contribution < -0.4 is 5.32 Å². The normalized spacial score (nSPS) is 10.7. The van der Waals surface area contributed by atoms with Gasteiger partial charge < -0.3 is 9.88 Å².